The van der Waals surface area contributed by atoms with Gasteiger partial charge in [0, 0.05) is 18.8 Å². The average Bonchev–Trinajstić information content (AvgIpc) is 2.47. The van der Waals surface area contributed by atoms with Crippen LogP contribution in [0, 0.1) is 13.8 Å². The van der Waals surface area contributed by atoms with Gasteiger partial charge in [-0.3, -0.25) is 0 Å². The van der Waals surface area contributed by atoms with E-state index in [1.54, 1.807) is 6.20 Å². The fraction of sp³-hybridized carbons (Fsp3) is 0.400. The lowest BCUT2D eigenvalue weighted by Gasteiger charge is -2.27. The van der Waals surface area contributed by atoms with Crippen molar-refractivity contribution in [3.63, 3.8) is 0 Å². The molecule has 0 atom stereocenters. The summed E-state index contributed by atoms with van der Waals surface area (Å²) in [4.78, 5) is 6.69. The molecule has 1 aromatic heterocycles. The molecule has 0 bridgehead atoms. The molecular formula is C15H19N5O. The average molecular weight is 285 g/mol. The summed E-state index contributed by atoms with van der Waals surface area (Å²) in [7, 11) is 0. The summed E-state index contributed by atoms with van der Waals surface area (Å²) in [5, 5.41) is 11.3. The van der Waals surface area contributed by atoms with Gasteiger partial charge in [-0.2, -0.15) is 10.1 Å². The number of aryl methyl sites for hydroxylation is 2. The van der Waals surface area contributed by atoms with Crippen molar-refractivity contribution >= 4 is 17.5 Å². The van der Waals surface area contributed by atoms with Crippen LogP contribution >= 0.6 is 0 Å². The Hall–Kier alpha value is -2.21. The lowest BCUT2D eigenvalue weighted by Crippen LogP contribution is -2.36. The first kappa shape index (κ1) is 13.8. The Bertz CT molecular complexity index is 605. The van der Waals surface area contributed by atoms with Crippen LogP contribution in [0.15, 0.2) is 24.4 Å². The van der Waals surface area contributed by atoms with Gasteiger partial charge in [-0.1, -0.05) is 6.07 Å². The van der Waals surface area contributed by atoms with Crippen molar-refractivity contribution in [2.75, 3.05) is 36.5 Å². The fourth-order valence-electron chi connectivity index (χ4n) is 2.47. The van der Waals surface area contributed by atoms with Gasteiger partial charge >= 0.3 is 0 Å². The number of nitrogens with one attached hydrogen (secondary N) is 1. The van der Waals surface area contributed by atoms with E-state index in [9.17, 15) is 0 Å². The highest BCUT2D eigenvalue weighted by molar-refractivity contribution is 5.56. The van der Waals surface area contributed by atoms with Crippen LogP contribution in [-0.2, 0) is 4.74 Å². The van der Waals surface area contributed by atoms with Crippen LogP contribution in [0.5, 0.6) is 0 Å². The zero-order chi connectivity index (χ0) is 14.7. The normalized spacial score (nSPS) is 15.0. The van der Waals surface area contributed by atoms with Crippen molar-refractivity contribution in [2.45, 2.75) is 13.8 Å². The lowest BCUT2D eigenvalue weighted by atomic mass is 10.1. The quantitative estimate of drug-likeness (QED) is 0.931. The predicted molar refractivity (Wildman–Crippen MR) is 82.1 cm³/mol. The van der Waals surface area contributed by atoms with Crippen LogP contribution in [-0.4, -0.2) is 41.5 Å². The van der Waals surface area contributed by atoms with E-state index in [1.807, 2.05) is 0 Å². The van der Waals surface area contributed by atoms with Crippen molar-refractivity contribution < 1.29 is 4.74 Å². The highest BCUT2D eigenvalue weighted by Crippen LogP contribution is 2.18. The molecule has 0 spiro atoms. The molecule has 3 rings (SSSR count). The van der Waals surface area contributed by atoms with Gasteiger partial charge in [0.25, 0.3) is 0 Å². The van der Waals surface area contributed by atoms with E-state index < -0.39 is 0 Å². The molecule has 110 valence electrons. The molecule has 21 heavy (non-hydrogen) atoms. The minimum absolute atomic E-state index is 0.518. The summed E-state index contributed by atoms with van der Waals surface area (Å²) in [5.41, 5.74) is 3.39. The molecule has 1 saturated heterocycles. The number of nitrogens with zero attached hydrogens (tertiary/aromatic N) is 4. The molecule has 6 nitrogen and oxygen atoms in total. The number of hydrogen-bond acceptors (Lipinski definition) is 6. The second-order valence-electron chi connectivity index (χ2n) is 5.24. The number of hydrogen-bond donors (Lipinski definition) is 1. The third-order valence-electron chi connectivity index (χ3n) is 3.36. The number of benzene rings is 1. The van der Waals surface area contributed by atoms with Crippen LogP contribution in [0.4, 0.5) is 17.5 Å². The maximum atomic E-state index is 5.35. The minimum Gasteiger partial charge on any atom is -0.378 e. The third kappa shape index (κ3) is 3.46. The molecule has 0 aliphatic carbocycles. The standard InChI is InChI=1S/C15H19N5O/c1-11-7-12(2)9-13(8-11)17-15-18-14(10-16-19-15)20-3-5-21-6-4-20/h7-10H,3-6H2,1-2H3,(H,17,18,19). The Morgan fingerprint density at radius 2 is 1.81 bits per heavy atom. The molecule has 0 saturated carbocycles. The second kappa shape index (κ2) is 6.05. The first-order valence-corrected chi connectivity index (χ1v) is 7.08. The molecule has 0 amide bonds. The maximum Gasteiger partial charge on any atom is 0.249 e. The van der Waals surface area contributed by atoms with E-state index in [2.05, 4.69) is 57.4 Å². The highest BCUT2D eigenvalue weighted by atomic mass is 16.5. The molecule has 1 aliphatic rings. The molecule has 2 aromatic rings. The van der Waals surface area contributed by atoms with Gasteiger partial charge in [-0.15, -0.1) is 5.10 Å². The second-order valence-corrected chi connectivity index (χ2v) is 5.24. The van der Waals surface area contributed by atoms with Crippen molar-refractivity contribution in [3.8, 4) is 0 Å². The Morgan fingerprint density at radius 3 is 2.52 bits per heavy atom. The van der Waals surface area contributed by atoms with Gasteiger partial charge in [0.15, 0.2) is 5.82 Å². The van der Waals surface area contributed by atoms with E-state index in [0.29, 0.717) is 5.95 Å². The molecule has 1 N–H and O–H groups in total. The molecule has 1 fully saturated rings. The van der Waals surface area contributed by atoms with Crippen molar-refractivity contribution in [3.05, 3.63) is 35.5 Å². The zero-order valence-corrected chi connectivity index (χ0v) is 12.3. The summed E-state index contributed by atoms with van der Waals surface area (Å²) in [6, 6.07) is 6.27. The van der Waals surface area contributed by atoms with Crippen LogP contribution in [0.25, 0.3) is 0 Å². The fourth-order valence-corrected chi connectivity index (χ4v) is 2.47. The van der Waals surface area contributed by atoms with Gasteiger partial charge in [-0.05, 0) is 37.1 Å². The first-order chi connectivity index (χ1) is 10.2. The Balaban J connectivity index is 1.79. The van der Waals surface area contributed by atoms with Gasteiger partial charge < -0.3 is 15.0 Å². The number of morpholine rings is 1. The molecule has 1 aromatic carbocycles. The molecule has 6 heteroatoms. The molecule has 0 unspecified atom stereocenters. The summed E-state index contributed by atoms with van der Waals surface area (Å²) in [6.07, 6.45) is 1.69. The Kier molecular flexibility index (Phi) is 3.96. The highest BCUT2D eigenvalue weighted by Gasteiger charge is 2.13. The number of ether oxygens (including phenoxy) is 1. The number of anilines is 3. The van der Waals surface area contributed by atoms with Crippen LogP contribution < -0.4 is 10.2 Å². The van der Waals surface area contributed by atoms with E-state index in [-0.39, 0.29) is 0 Å². The number of aromatic nitrogens is 3. The minimum atomic E-state index is 0.518. The van der Waals surface area contributed by atoms with E-state index in [1.165, 1.54) is 11.1 Å². The van der Waals surface area contributed by atoms with E-state index in [0.717, 1.165) is 37.8 Å². The van der Waals surface area contributed by atoms with Crippen molar-refractivity contribution in [1.29, 1.82) is 0 Å². The maximum absolute atomic E-state index is 5.35. The van der Waals surface area contributed by atoms with Gasteiger partial charge in [0.1, 0.15) is 0 Å². The van der Waals surface area contributed by atoms with Crippen LogP contribution in [0.1, 0.15) is 11.1 Å². The molecule has 0 radical (unpaired) electrons. The van der Waals surface area contributed by atoms with Crippen molar-refractivity contribution in [2.24, 2.45) is 0 Å². The summed E-state index contributed by atoms with van der Waals surface area (Å²) >= 11 is 0. The summed E-state index contributed by atoms with van der Waals surface area (Å²) in [6.45, 7) is 7.26. The van der Waals surface area contributed by atoms with Crippen LogP contribution in [0.3, 0.4) is 0 Å². The Labute approximate surface area is 124 Å². The van der Waals surface area contributed by atoms with E-state index >= 15 is 0 Å². The third-order valence-corrected chi connectivity index (χ3v) is 3.36. The van der Waals surface area contributed by atoms with Gasteiger partial charge in [-0.25, -0.2) is 0 Å². The zero-order valence-electron chi connectivity index (χ0n) is 12.3. The van der Waals surface area contributed by atoms with Crippen LogP contribution in [0.2, 0.25) is 0 Å². The molecular weight excluding hydrogens is 266 g/mol. The van der Waals surface area contributed by atoms with Gasteiger partial charge in [0.2, 0.25) is 5.95 Å². The monoisotopic (exact) mass is 285 g/mol. The first-order valence-electron chi connectivity index (χ1n) is 7.08. The smallest absolute Gasteiger partial charge is 0.249 e. The lowest BCUT2D eigenvalue weighted by molar-refractivity contribution is 0.122. The summed E-state index contributed by atoms with van der Waals surface area (Å²) in [5.74, 6) is 1.35. The molecule has 1 aliphatic heterocycles. The topological polar surface area (TPSA) is 63.2 Å². The largest absolute Gasteiger partial charge is 0.378 e. The Morgan fingerprint density at radius 1 is 1.10 bits per heavy atom. The molecule has 2 heterocycles. The summed E-state index contributed by atoms with van der Waals surface area (Å²) < 4.78 is 5.35. The number of rotatable bonds is 3. The van der Waals surface area contributed by atoms with Crippen molar-refractivity contribution in [1.82, 2.24) is 15.2 Å². The van der Waals surface area contributed by atoms with Gasteiger partial charge in [0.05, 0.1) is 19.4 Å². The predicted octanol–water partition coefficient (Wildman–Crippen LogP) is 2.07. The van der Waals surface area contributed by atoms with E-state index in [4.69, 9.17) is 4.74 Å². The SMILES string of the molecule is Cc1cc(C)cc(Nc2nncc(N3CCOCC3)n2)c1.